The maximum Gasteiger partial charge on any atom is 0.419 e. The van der Waals surface area contributed by atoms with E-state index in [0.29, 0.717) is 0 Å². The number of nitriles is 1. The highest BCUT2D eigenvalue weighted by Gasteiger charge is 2.36. The van der Waals surface area contributed by atoms with Gasteiger partial charge in [0.05, 0.1) is 11.6 Å². The summed E-state index contributed by atoms with van der Waals surface area (Å²) in [4.78, 5) is 24.0. The van der Waals surface area contributed by atoms with Gasteiger partial charge in [0.1, 0.15) is 5.75 Å². The number of hydrogen-bond donors (Lipinski definition) is 1. The zero-order chi connectivity index (χ0) is 18.5. The Morgan fingerprint density at radius 3 is 2.29 bits per heavy atom. The number of ether oxygens (including phenoxy) is 1. The number of alkyl halides is 3. The Morgan fingerprint density at radius 1 is 1.21 bits per heavy atom. The van der Waals surface area contributed by atoms with Crippen LogP contribution < -0.4 is 10.1 Å². The van der Waals surface area contributed by atoms with Gasteiger partial charge in [-0.2, -0.15) is 18.4 Å². The van der Waals surface area contributed by atoms with Crippen molar-refractivity contribution in [2.45, 2.75) is 39.1 Å². The van der Waals surface area contributed by atoms with E-state index in [1.165, 1.54) is 19.1 Å². The Morgan fingerprint density at radius 2 is 1.79 bits per heavy atom. The number of para-hydroxylation sites is 1. The number of Topliss-reactive ketones (excluding diaryl/α,β-unsaturated/α-hetero) is 1. The fraction of sp³-hybridized carbons (Fsp3) is 0.438. The molecule has 0 fully saturated rings. The summed E-state index contributed by atoms with van der Waals surface area (Å²) < 4.78 is 43.8. The van der Waals surface area contributed by atoms with Crippen molar-refractivity contribution in [2.24, 2.45) is 5.92 Å². The van der Waals surface area contributed by atoms with Crippen molar-refractivity contribution < 1.29 is 27.5 Å². The van der Waals surface area contributed by atoms with Crippen LogP contribution in [0.5, 0.6) is 5.75 Å². The molecule has 1 amide bonds. The maximum atomic E-state index is 12.9. The molecule has 0 bridgehead atoms. The number of carbonyl (C=O) groups is 2. The lowest BCUT2D eigenvalue weighted by Crippen LogP contribution is -2.42. The van der Waals surface area contributed by atoms with Crippen LogP contribution in [0.15, 0.2) is 24.3 Å². The molecule has 0 aliphatic rings. The Hall–Kier alpha value is -2.56. The molecule has 0 aliphatic heterocycles. The van der Waals surface area contributed by atoms with E-state index in [2.05, 4.69) is 5.32 Å². The Labute approximate surface area is 137 Å². The largest absolute Gasteiger partial charge is 0.482 e. The van der Waals surface area contributed by atoms with Gasteiger partial charge in [-0.1, -0.05) is 12.1 Å². The number of hydrogen-bond acceptors (Lipinski definition) is 4. The molecule has 0 aliphatic carbocycles. The standard InChI is InChI=1S/C16H17F3N2O3/c1-9(2)21-15(23)11(8-20)14(22)10(3)24-13-7-5-4-6-12(13)16(17,18)19/h4-7,9-11H,1-3H3,(H,21,23)/t10-,11+/m1/s1. The number of ketones is 1. The van der Waals surface area contributed by atoms with Crippen LogP contribution in [0.2, 0.25) is 0 Å². The van der Waals surface area contributed by atoms with Crippen LogP contribution in [0, 0.1) is 17.2 Å². The molecule has 0 spiro atoms. The van der Waals surface area contributed by atoms with Crippen LogP contribution in [0.25, 0.3) is 0 Å². The summed E-state index contributed by atoms with van der Waals surface area (Å²) in [5, 5.41) is 11.4. The highest BCUT2D eigenvalue weighted by Crippen LogP contribution is 2.36. The van der Waals surface area contributed by atoms with Crippen molar-refractivity contribution in [3.63, 3.8) is 0 Å². The molecule has 1 rings (SSSR count). The van der Waals surface area contributed by atoms with Crippen LogP contribution in [-0.4, -0.2) is 23.8 Å². The molecular weight excluding hydrogens is 325 g/mol. The number of halogens is 3. The molecule has 0 saturated carbocycles. The first-order chi connectivity index (χ1) is 11.1. The third-order valence-corrected chi connectivity index (χ3v) is 3.00. The number of amides is 1. The lowest BCUT2D eigenvalue weighted by Gasteiger charge is -2.19. The van der Waals surface area contributed by atoms with E-state index in [-0.39, 0.29) is 6.04 Å². The summed E-state index contributed by atoms with van der Waals surface area (Å²) in [6.07, 6.45) is -6.04. The second-order valence-corrected chi connectivity index (χ2v) is 5.38. The number of nitrogens with one attached hydrogen (secondary N) is 1. The van der Waals surface area contributed by atoms with Gasteiger partial charge in [0, 0.05) is 6.04 Å². The highest BCUT2D eigenvalue weighted by molar-refractivity contribution is 6.05. The molecule has 0 aromatic heterocycles. The van der Waals surface area contributed by atoms with Gasteiger partial charge in [0.2, 0.25) is 5.91 Å². The van der Waals surface area contributed by atoms with Crippen molar-refractivity contribution in [1.82, 2.24) is 5.32 Å². The first-order valence-corrected chi connectivity index (χ1v) is 7.14. The molecular formula is C16H17F3N2O3. The van der Waals surface area contributed by atoms with Gasteiger partial charge in [-0.3, -0.25) is 9.59 Å². The molecule has 1 aromatic carbocycles. The van der Waals surface area contributed by atoms with Crippen LogP contribution >= 0.6 is 0 Å². The first-order valence-electron chi connectivity index (χ1n) is 7.14. The monoisotopic (exact) mass is 342 g/mol. The number of nitrogens with zero attached hydrogens (tertiary/aromatic N) is 1. The summed E-state index contributed by atoms with van der Waals surface area (Å²) in [7, 11) is 0. The average molecular weight is 342 g/mol. The second kappa shape index (κ2) is 7.81. The molecule has 0 heterocycles. The summed E-state index contributed by atoms with van der Waals surface area (Å²) >= 11 is 0. The molecule has 1 N–H and O–H groups in total. The fourth-order valence-corrected chi connectivity index (χ4v) is 1.91. The Bertz CT molecular complexity index is 651. The van der Waals surface area contributed by atoms with Crippen LogP contribution in [0.4, 0.5) is 13.2 Å². The average Bonchev–Trinajstić information content (AvgIpc) is 2.46. The quantitative estimate of drug-likeness (QED) is 0.806. The van der Waals surface area contributed by atoms with Crippen molar-refractivity contribution in [2.75, 3.05) is 0 Å². The second-order valence-electron chi connectivity index (χ2n) is 5.38. The minimum absolute atomic E-state index is 0.289. The SMILES string of the molecule is CC(C)NC(=O)[C@@H](C#N)C(=O)[C@@H](C)Oc1ccccc1C(F)(F)F. The molecule has 0 unspecified atom stereocenters. The smallest absolute Gasteiger partial charge is 0.419 e. The van der Waals surface area contributed by atoms with E-state index < -0.39 is 41.2 Å². The summed E-state index contributed by atoms with van der Waals surface area (Å²) in [5.74, 6) is -3.91. The van der Waals surface area contributed by atoms with Crippen molar-refractivity contribution >= 4 is 11.7 Å². The van der Waals surface area contributed by atoms with Gasteiger partial charge in [-0.05, 0) is 32.9 Å². The third-order valence-electron chi connectivity index (χ3n) is 3.00. The van der Waals surface area contributed by atoms with E-state index >= 15 is 0 Å². The van der Waals surface area contributed by atoms with Crippen LogP contribution in [0.3, 0.4) is 0 Å². The van der Waals surface area contributed by atoms with Gasteiger partial charge in [-0.25, -0.2) is 0 Å². The molecule has 24 heavy (non-hydrogen) atoms. The van der Waals surface area contributed by atoms with E-state index in [9.17, 15) is 22.8 Å². The van der Waals surface area contributed by atoms with Gasteiger partial charge in [0.15, 0.2) is 17.8 Å². The highest BCUT2D eigenvalue weighted by atomic mass is 19.4. The normalized spacial score (nSPS) is 13.8. The Kier molecular flexibility index (Phi) is 6.35. The van der Waals surface area contributed by atoms with Crippen molar-refractivity contribution in [3.05, 3.63) is 29.8 Å². The van der Waals surface area contributed by atoms with Gasteiger partial charge >= 0.3 is 6.18 Å². The molecule has 8 heteroatoms. The summed E-state index contributed by atoms with van der Waals surface area (Å²) in [5.41, 5.74) is -1.04. The zero-order valence-corrected chi connectivity index (χ0v) is 13.3. The van der Waals surface area contributed by atoms with Crippen LogP contribution in [0.1, 0.15) is 26.3 Å². The third kappa shape index (κ3) is 4.98. The first kappa shape index (κ1) is 19.5. The van der Waals surface area contributed by atoms with Gasteiger partial charge in [0.25, 0.3) is 0 Å². The van der Waals surface area contributed by atoms with Gasteiger partial charge < -0.3 is 10.1 Å². The van der Waals surface area contributed by atoms with E-state index in [1.807, 2.05) is 0 Å². The molecule has 130 valence electrons. The number of benzene rings is 1. The minimum atomic E-state index is -4.65. The number of rotatable bonds is 6. The molecule has 2 atom stereocenters. The lowest BCUT2D eigenvalue weighted by molar-refractivity contribution is -0.142. The van der Waals surface area contributed by atoms with Gasteiger partial charge in [-0.15, -0.1) is 0 Å². The maximum absolute atomic E-state index is 12.9. The molecule has 1 aromatic rings. The van der Waals surface area contributed by atoms with Crippen LogP contribution in [-0.2, 0) is 15.8 Å². The summed E-state index contributed by atoms with van der Waals surface area (Å²) in [6.45, 7) is 4.50. The molecule has 0 radical (unpaired) electrons. The number of carbonyl (C=O) groups excluding carboxylic acids is 2. The zero-order valence-electron chi connectivity index (χ0n) is 13.3. The van der Waals surface area contributed by atoms with E-state index in [0.717, 1.165) is 12.1 Å². The van der Waals surface area contributed by atoms with E-state index in [1.54, 1.807) is 19.9 Å². The Balaban J connectivity index is 2.96. The predicted molar refractivity (Wildman–Crippen MR) is 78.9 cm³/mol. The van der Waals surface area contributed by atoms with E-state index in [4.69, 9.17) is 10.00 Å². The minimum Gasteiger partial charge on any atom is -0.482 e. The fourth-order valence-electron chi connectivity index (χ4n) is 1.91. The predicted octanol–water partition coefficient (Wildman–Crippen LogP) is 2.71. The van der Waals surface area contributed by atoms with Crippen molar-refractivity contribution in [3.8, 4) is 11.8 Å². The molecule has 0 saturated heterocycles. The lowest BCUT2D eigenvalue weighted by atomic mass is 10.0. The molecule has 5 nitrogen and oxygen atoms in total. The van der Waals surface area contributed by atoms with Crippen molar-refractivity contribution in [1.29, 1.82) is 5.26 Å². The summed E-state index contributed by atoms with van der Waals surface area (Å²) in [6, 6.07) is 5.68. The topological polar surface area (TPSA) is 79.2 Å².